The van der Waals surface area contributed by atoms with Crippen LogP contribution in [0.2, 0.25) is 0 Å². The third kappa shape index (κ3) is 4.59. The molecule has 0 saturated carbocycles. The Hall–Kier alpha value is -2.87. The van der Waals surface area contributed by atoms with Crippen molar-refractivity contribution in [2.75, 3.05) is 38.1 Å². The van der Waals surface area contributed by atoms with Crippen molar-refractivity contribution >= 4 is 17.5 Å². The van der Waals surface area contributed by atoms with Crippen molar-refractivity contribution in [1.29, 1.82) is 0 Å². The van der Waals surface area contributed by atoms with Gasteiger partial charge in [0, 0.05) is 57.1 Å². The first-order chi connectivity index (χ1) is 14.1. The number of hydrogen-bond donors (Lipinski definition) is 2. The van der Waals surface area contributed by atoms with E-state index in [-0.39, 0.29) is 30.3 Å². The molecule has 2 aliphatic heterocycles. The summed E-state index contributed by atoms with van der Waals surface area (Å²) in [7, 11) is 1.88. The van der Waals surface area contributed by atoms with Gasteiger partial charge in [-0.25, -0.2) is 0 Å². The van der Waals surface area contributed by atoms with Crippen LogP contribution in [-0.4, -0.2) is 59.3 Å². The summed E-state index contributed by atoms with van der Waals surface area (Å²) in [5.74, 6) is 0.480. The number of ether oxygens (including phenoxy) is 1. The topological polar surface area (TPSA) is 88.5 Å². The van der Waals surface area contributed by atoms with Gasteiger partial charge in [-0.2, -0.15) is 5.10 Å². The molecule has 8 nitrogen and oxygen atoms in total. The van der Waals surface area contributed by atoms with Crippen molar-refractivity contribution in [3.8, 4) is 5.75 Å². The summed E-state index contributed by atoms with van der Waals surface area (Å²) in [6.07, 6.45) is 5.90. The Morgan fingerprint density at radius 1 is 1.28 bits per heavy atom. The largest absolute Gasteiger partial charge is 0.484 e. The molecule has 0 aliphatic carbocycles. The summed E-state index contributed by atoms with van der Waals surface area (Å²) in [5, 5.41) is 10.5. The quantitative estimate of drug-likeness (QED) is 0.769. The maximum atomic E-state index is 12.9. The highest BCUT2D eigenvalue weighted by Crippen LogP contribution is 2.29. The molecule has 2 amide bonds. The molecule has 2 atom stereocenters. The van der Waals surface area contributed by atoms with Crippen LogP contribution < -0.4 is 15.4 Å². The summed E-state index contributed by atoms with van der Waals surface area (Å²) < 4.78 is 7.41. The number of nitrogens with one attached hydrogen (secondary N) is 2. The van der Waals surface area contributed by atoms with E-state index in [1.165, 1.54) is 0 Å². The Kier molecular flexibility index (Phi) is 5.80. The molecule has 0 spiro atoms. The number of hydrogen-bond acceptors (Lipinski definition) is 5. The fourth-order valence-electron chi connectivity index (χ4n) is 4.04. The molecule has 2 fully saturated rings. The van der Waals surface area contributed by atoms with Crippen LogP contribution in [0.25, 0.3) is 0 Å². The van der Waals surface area contributed by atoms with Crippen LogP contribution in [0.5, 0.6) is 5.75 Å². The molecule has 0 unspecified atom stereocenters. The highest BCUT2D eigenvalue weighted by Gasteiger charge is 2.34. The Labute approximate surface area is 170 Å². The Morgan fingerprint density at radius 3 is 2.86 bits per heavy atom. The zero-order valence-electron chi connectivity index (χ0n) is 16.6. The number of amides is 2. The van der Waals surface area contributed by atoms with E-state index in [0.717, 1.165) is 38.0 Å². The van der Waals surface area contributed by atoms with E-state index in [9.17, 15) is 9.59 Å². The molecule has 1 aromatic carbocycles. The van der Waals surface area contributed by atoms with E-state index < -0.39 is 0 Å². The van der Waals surface area contributed by atoms with Crippen molar-refractivity contribution in [1.82, 2.24) is 20.0 Å². The number of carbonyl (C=O) groups is 2. The van der Waals surface area contributed by atoms with Crippen LogP contribution >= 0.6 is 0 Å². The maximum absolute atomic E-state index is 12.9. The molecule has 29 heavy (non-hydrogen) atoms. The average Bonchev–Trinajstić information content (AvgIpc) is 3.47. The Morgan fingerprint density at radius 2 is 2.10 bits per heavy atom. The first-order valence-electron chi connectivity index (χ1n) is 10.1. The number of aryl methyl sites for hydroxylation is 1. The minimum atomic E-state index is -0.166. The lowest BCUT2D eigenvalue weighted by Gasteiger charge is -2.18. The molecule has 0 radical (unpaired) electrons. The van der Waals surface area contributed by atoms with Crippen molar-refractivity contribution in [3.05, 3.63) is 42.2 Å². The molecule has 2 aromatic rings. The molecule has 4 rings (SSSR count). The van der Waals surface area contributed by atoms with E-state index in [0.29, 0.717) is 18.0 Å². The Bertz CT molecular complexity index is 875. The second kappa shape index (κ2) is 8.65. The van der Waals surface area contributed by atoms with Crippen LogP contribution in [-0.2, 0) is 16.6 Å². The number of benzene rings is 1. The molecular formula is C21H27N5O3. The number of rotatable bonds is 6. The summed E-state index contributed by atoms with van der Waals surface area (Å²) in [6, 6.07) is 7.20. The van der Waals surface area contributed by atoms with Crippen molar-refractivity contribution in [3.63, 3.8) is 0 Å². The number of anilines is 1. The molecule has 2 N–H and O–H groups in total. The molecule has 0 bridgehead atoms. The molecular weight excluding hydrogens is 370 g/mol. The molecule has 2 aliphatic rings. The normalized spacial score (nSPS) is 21.3. The number of nitrogens with zero attached hydrogens (tertiary/aromatic N) is 3. The van der Waals surface area contributed by atoms with Gasteiger partial charge in [0.2, 0.25) is 5.91 Å². The van der Waals surface area contributed by atoms with Crippen LogP contribution in [0.4, 0.5) is 5.69 Å². The zero-order valence-corrected chi connectivity index (χ0v) is 16.6. The highest BCUT2D eigenvalue weighted by atomic mass is 16.5. The smallest absolute Gasteiger partial charge is 0.260 e. The van der Waals surface area contributed by atoms with Gasteiger partial charge in [0.15, 0.2) is 6.61 Å². The maximum Gasteiger partial charge on any atom is 0.260 e. The summed E-state index contributed by atoms with van der Waals surface area (Å²) in [6.45, 7) is 3.03. The average molecular weight is 397 g/mol. The van der Waals surface area contributed by atoms with Gasteiger partial charge in [0.25, 0.3) is 5.91 Å². The summed E-state index contributed by atoms with van der Waals surface area (Å²) in [4.78, 5) is 26.9. The van der Waals surface area contributed by atoms with Crippen LogP contribution in [0.15, 0.2) is 36.7 Å². The minimum Gasteiger partial charge on any atom is -0.484 e. The van der Waals surface area contributed by atoms with Crippen molar-refractivity contribution in [2.24, 2.45) is 13.0 Å². The van der Waals surface area contributed by atoms with Crippen molar-refractivity contribution in [2.45, 2.75) is 18.8 Å². The molecule has 8 heteroatoms. The molecule has 154 valence electrons. The van der Waals surface area contributed by atoms with Gasteiger partial charge in [-0.05, 0) is 30.5 Å². The van der Waals surface area contributed by atoms with Gasteiger partial charge in [-0.3, -0.25) is 14.3 Å². The fourth-order valence-corrected chi connectivity index (χ4v) is 4.04. The first kappa shape index (κ1) is 19.4. The molecule has 3 heterocycles. The summed E-state index contributed by atoms with van der Waals surface area (Å²) >= 11 is 0. The van der Waals surface area contributed by atoms with Crippen LogP contribution in [0, 0.1) is 5.92 Å². The predicted octanol–water partition coefficient (Wildman–Crippen LogP) is 1.36. The zero-order chi connectivity index (χ0) is 20.2. The van der Waals surface area contributed by atoms with E-state index in [2.05, 4.69) is 15.7 Å². The van der Waals surface area contributed by atoms with E-state index in [4.69, 9.17) is 4.74 Å². The van der Waals surface area contributed by atoms with Gasteiger partial charge >= 0.3 is 0 Å². The monoisotopic (exact) mass is 397 g/mol. The van der Waals surface area contributed by atoms with Gasteiger partial charge in [-0.1, -0.05) is 6.07 Å². The van der Waals surface area contributed by atoms with Gasteiger partial charge in [0.1, 0.15) is 5.75 Å². The minimum absolute atomic E-state index is 0.00767. The molecule has 2 saturated heterocycles. The van der Waals surface area contributed by atoms with Crippen LogP contribution in [0.3, 0.4) is 0 Å². The van der Waals surface area contributed by atoms with E-state index in [1.54, 1.807) is 16.8 Å². The highest BCUT2D eigenvalue weighted by molar-refractivity contribution is 5.93. The number of likely N-dealkylation sites (tertiary alicyclic amines) is 1. The summed E-state index contributed by atoms with van der Waals surface area (Å²) in [5.41, 5.74) is 1.73. The third-order valence-electron chi connectivity index (χ3n) is 5.63. The predicted molar refractivity (Wildman–Crippen MR) is 109 cm³/mol. The fraction of sp³-hybridized carbons (Fsp3) is 0.476. The molecule has 1 aromatic heterocycles. The van der Waals surface area contributed by atoms with E-state index in [1.807, 2.05) is 36.5 Å². The standard InChI is InChI=1S/C21H27N5O3/c1-25-13-15(10-23-25)18-11-22-12-19(18)21(28)24-16-5-4-6-17(9-16)29-14-20(27)26-7-2-3-8-26/h4-6,9-10,13,18-19,22H,2-3,7-8,11-12,14H2,1H3,(H,24,28)/t18-,19+/m1/s1. The lowest BCUT2D eigenvalue weighted by atomic mass is 9.90. The van der Waals surface area contributed by atoms with Crippen molar-refractivity contribution < 1.29 is 14.3 Å². The number of aromatic nitrogens is 2. The first-order valence-corrected chi connectivity index (χ1v) is 10.1. The van der Waals surface area contributed by atoms with Crippen LogP contribution in [0.1, 0.15) is 24.3 Å². The van der Waals surface area contributed by atoms with E-state index >= 15 is 0 Å². The lowest BCUT2D eigenvalue weighted by molar-refractivity contribution is -0.132. The SMILES string of the molecule is Cn1cc([C@H]2CNC[C@@H]2C(=O)Nc2cccc(OCC(=O)N3CCCC3)c2)cn1. The second-order valence-electron chi connectivity index (χ2n) is 7.71. The third-order valence-corrected chi connectivity index (χ3v) is 5.63. The number of carbonyl (C=O) groups excluding carboxylic acids is 2. The second-order valence-corrected chi connectivity index (χ2v) is 7.71. The van der Waals surface area contributed by atoms with Gasteiger partial charge < -0.3 is 20.3 Å². The van der Waals surface area contributed by atoms with Gasteiger partial charge in [0.05, 0.1) is 12.1 Å². The van der Waals surface area contributed by atoms with Gasteiger partial charge in [-0.15, -0.1) is 0 Å². The lowest BCUT2D eigenvalue weighted by Crippen LogP contribution is -2.32. The Balaban J connectivity index is 1.35.